The van der Waals surface area contributed by atoms with Crippen molar-refractivity contribution >= 4 is 11.9 Å². The second-order valence-electron chi connectivity index (χ2n) is 5.95. The van der Waals surface area contributed by atoms with E-state index in [0.717, 1.165) is 11.1 Å². The third-order valence-corrected chi connectivity index (χ3v) is 4.37. The first-order chi connectivity index (χ1) is 12.7. The van der Waals surface area contributed by atoms with Crippen LogP contribution in [0.25, 0.3) is 11.4 Å². The van der Waals surface area contributed by atoms with Gasteiger partial charge in [-0.25, -0.2) is 4.68 Å². The molecule has 0 fully saturated rings. The lowest BCUT2D eigenvalue weighted by Gasteiger charge is -2.32. The summed E-state index contributed by atoms with van der Waals surface area (Å²) in [5, 5.41) is 7.74. The van der Waals surface area contributed by atoms with Crippen LogP contribution in [0.4, 0.5) is 5.95 Å². The summed E-state index contributed by atoms with van der Waals surface area (Å²) in [5.41, 5.74) is 2.24. The van der Waals surface area contributed by atoms with Crippen molar-refractivity contribution in [3.8, 4) is 11.4 Å². The van der Waals surface area contributed by atoms with E-state index in [1.54, 1.807) is 17.1 Å². The van der Waals surface area contributed by atoms with Crippen molar-refractivity contribution in [1.82, 2.24) is 19.7 Å². The van der Waals surface area contributed by atoms with Gasteiger partial charge in [-0.05, 0) is 11.6 Å². The molecule has 3 heterocycles. The van der Waals surface area contributed by atoms with Gasteiger partial charge in [0, 0.05) is 23.7 Å². The smallest absolute Gasteiger partial charge is 0.317 e. The average Bonchev–Trinajstić information content (AvgIpc) is 3.11. The van der Waals surface area contributed by atoms with E-state index in [9.17, 15) is 4.79 Å². The van der Waals surface area contributed by atoms with E-state index in [-0.39, 0.29) is 0 Å². The number of hydrogen-bond acceptors (Lipinski definition) is 6. The fraction of sp³-hybridized carbons (Fsp3) is 0.158. The summed E-state index contributed by atoms with van der Waals surface area (Å²) in [6.07, 6.45) is 3.40. The lowest BCUT2D eigenvalue weighted by atomic mass is 9.90. The van der Waals surface area contributed by atoms with Crippen molar-refractivity contribution in [3.05, 3.63) is 72.7 Å². The second kappa shape index (κ2) is 6.44. The van der Waals surface area contributed by atoms with E-state index >= 15 is 0 Å². The number of fused-ring (bicyclic) bond motifs is 1. The van der Waals surface area contributed by atoms with Gasteiger partial charge in [0.05, 0.1) is 7.11 Å². The van der Waals surface area contributed by atoms with Crippen molar-refractivity contribution in [2.24, 2.45) is 5.92 Å². The highest BCUT2D eigenvalue weighted by atomic mass is 16.5. The summed E-state index contributed by atoms with van der Waals surface area (Å²) in [6.45, 7) is 4.01. The van der Waals surface area contributed by atoms with E-state index in [1.807, 2.05) is 42.5 Å². The number of anilines is 1. The SMILES string of the molecule is C=C1Nc2nc(-c3ccccc3)nn2C(c2cccnc2)C1C(=O)OC. The van der Waals surface area contributed by atoms with Gasteiger partial charge in [0.2, 0.25) is 5.95 Å². The van der Waals surface area contributed by atoms with E-state index < -0.39 is 17.9 Å². The summed E-state index contributed by atoms with van der Waals surface area (Å²) in [7, 11) is 1.36. The number of carbonyl (C=O) groups is 1. The summed E-state index contributed by atoms with van der Waals surface area (Å²) < 4.78 is 6.70. The van der Waals surface area contributed by atoms with Crippen molar-refractivity contribution in [2.45, 2.75) is 6.04 Å². The Morgan fingerprint density at radius 1 is 1.23 bits per heavy atom. The standard InChI is InChI=1S/C19H17N5O2/c1-12-15(18(25)26-2)16(14-9-6-10-20-11-14)24-19(21-12)22-17(23-24)13-7-4-3-5-8-13/h3-11,15-16H,1H2,2H3,(H,21,22,23). The number of ether oxygens (including phenoxy) is 1. The molecule has 0 spiro atoms. The molecule has 130 valence electrons. The lowest BCUT2D eigenvalue weighted by molar-refractivity contribution is -0.145. The van der Waals surface area contributed by atoms with Crippen molar-refractivity contribution in [1.29, 1.82) is 0 Å². The van der Waals surface area contributed by atoms with Gasteiger partial charge in [0.25, 0.3) is 0 Å². The maximum absolute atomic E-state index is 12.4. The fourth-order valence-electron chi connectivity index (χ4n) is 3.15. The molecule has 0 radical (unpaired) electrons. The summed E-state index contributed by atoms with van der Waals surface area (Å²) >= 11 is 0. The minimum Gasteiger partial charge on any atom is -0.468 e. The number of aromatic nitrogens is 4. The molecule has 1 aliphatic heterocycles. The quantitative estimate of drug-likeness (QED) is 0.734. The molecule has 26 heavy (non-hydrogen) atoms. The molecule has 3 aromatic rings. The zero-order valence-corrected chi connectivity index (χ0v) is 14.2. The summed E-state index contributed by atoms with van der Waals surface area (Å²) in [4.78, 5) is 21.2. The highest BCUT2D eigenvalue weighted by molar-refractivity contribution is 5.79. The minimum absolute atomic E-state index is 0.390. The van der Waals surface area contributed by atoms with Crippen molar-refractivity contribution in [3.63, 3.8) is 0 Å². The Labute approximate surface area is 150 Å². The number of methoxy groups -OCH3 is 1. The third kappa shape index (κ3) is 2.63. The first-order valence-electron chi connectivity index (χ1n) is 8.14. The Morgan fingerprint density at radius 3 is 2.73 bits per heavy atom. The predicted octanol–water partition coefficient (Wildman–Crippen LogP) is 2.66. The van der Waals surface area contributed by atoms with Gasteiger partial charge in [-0.2, -0.15) is 4.98 Å². The molecule has 2 atom stereocenters. The van der Waals surface area contributed by atoms with Crippen LogP contribution < -0.4 is 5.32 Å². The Balaban J connectivity index is 1.87. The third-order valence-electron chi connectivity index (χ3n) is 4.37. The lowest BCUT2D eigenvalue weighted by Crippen LogP contribution is -2.37. The van der Waals surface area contributed by atoms with Gasteiger partial charge in [0.15, 0.2) is 5.82 Å². The Bertz CT molecular complexity index is 953. The Kier molecular flexibility index (Phi) is 3.96. The van der Waals surface area contributed by atoms with Gasteiger partial charge >= 0.3 is 5.97 Å². The highest BCUT2D eigenvalue weighted by Crippen LogP contribution is 2.38. The number of nitrogens with one attached hydrogen (secondary N) is 1. The van der Waals surface area contributed by atoms with Crippen LogP contribution in [0.15, 0.2) is 67.1 Å². The molecule has 0 amide bonds. The maximum Gasteiger partial charge on any atom is 0.317 e. The van der Waals surface area contributed by atoms with Crippen LogP contribution in [-0.2, 0) is 9.53 Å². The maximum atomic E-state index is 12.4. The van der Waals surface area contributed by atoms with E-state index in [1.165, 1.54) is 7.11 Å². The molecule has 0 saturated heterocycles. The number of hydrogen-bond donors (Lipinski definition) is 1. The molecule has 7 heteroatoms. The van der Waals surface area contributed by atoms with Crippen LogP contribution in [-0.4, -0.2) is 32.8 Å². The van der Waals surface area contributed by atoms with Crippen LogP contribution in [0.3, 0.4) is 0 Å². The number of nitrogens with zero attached hydrogens (tertiary/aromatic N) is 4. The number of carbonyl (C=O) groups excluding carboxylic acids is 1. The molecular weight excluding hydrogens is 330 g/mol. The van der Waals surface area contributed by atoms with Crippen molar-refractivity contribution < 1.29 is 9.53 Å². The molecule has 1 aromatic carbocycles. The number of pyridine rings is 1. The molecule has 1 aliphatic rings. The van der Waals surface area contributed by atoms with Crippen LogP contribution >= 0.6 is 0 Å². The van der Waals surface area contributed by atoms with E-state index in [4.69, 9.17) is 4.74 Å². The summed E-state index contributed by atoms with van der Waals surface area (Å²) in [6, 6.07) is 13.0. The first kappa shape index (κ1) is 16.0. The predicted molar refractivity (Wildman–Crippen MR) is 96.1 cm³/mol. The monoisotopic (exact) mass is 347 g/mol. The van der Waals surface area contributed by atoms with Crippen LogP contribution in [0.2, 0.25) is 0 Å². The molecule has 0 saturated carbocycles. The van der Waals surface area contributed by atoms with Gasteiger partial charge < -0.3 is 10.1 Å². The number of benzene rings is 1. The minimum atomic E-state index is -0.637. The van der Waals surface area contributed by atoms with Crippen molar-refractivity contribution in [2.75, 3.05) is 12.4 Å². The number of esters is 1. The number of rotatable bonds is 3. The fourth-order valence-corrected chi connectivity index (χ4v) is 3.15. The topological polar surface area (TPSA) is 81.9 Å². The summed E-state index contributed by atoms with van der Waals surface area (Å²) in [5.74, 6) is 0.0731. The Hall–Kier alpha value is -3.48. The van der Waals surface area contributed by atoms with E-state index in [0.29, 0.717) is 17.5 Å². The van der Waals surface area contributed by atoms with Crippen LogP contribution in [0.5, 0.6) is 0 Å². The van der Waals surface area contributed by atoms with Gasteiger partial charge in [-0.15, -0.1) is 5.10 Å². The van der Waals surface area contributed by atoms with Gasteiger partial charge in [0.1, 0.15) is 12.0 Å². The molecule has 0 bridgehead atoms. The molecule has 2 aromatic heterocycles. The average molecular weight is 347 g/mol. The van der Waals surface area contributed by atoms with Gasteiger partial charge in [-0.1, -0.05) is 43.0 Å². The van der Waals surface area contributed by atoms with Crippen LogP contribution in [0, 0.1) is 5.92 Å². The zero-order chi connectivity index (χ0) is 18.1. The normalized spacial score (nSPS) is 18.7. The molecule has 4 rings (SSSR count). The molecule has 0 aliphatic carbocycles. The molecule has 7 nitrogen and oxygen atoms in total. The molecular formula is C19H17N5O2. The second-order valence-corrected chi connectivity index (χ2v) is 5.95. The van der Waals surface area contributed by atoms with Crippen LogP contribution in [0.1, 0.15) is 11.6 Å². The first-order valence-corrected chi connectivity index (χ1v) is 8.14. The Morgan fingerprint density at radius 2 is 2.04 bits per heavy atom. The zero-order valence-electron chi connectivity index (χ0n) is 14.2. The van der Waals surface area contributed by atoms with E-state index in [2.05, 4.69) is 27.0 Å². The molecule has 1 N–H and O–H groups in total. The molecule has 2 unspecified atom stereocenters. The largest absolute Gasteiger partial charge is 0.468 e. The highest BCUT2D eigenvalue weighted by Gasteiger charge is 2.41. The van der Waals surface area contributed by atoms with Gasteiger partial charge in [-0.3, -0.25) is 9.78 Å².